The average Bonchev–Trinajstić information content (AvgIpc) is 3.15. The number of halogens is 1. The van der Waals surface area contributed by atoms with Gasteiger partial charge in [0.2, 0.25) is 18.6 Å². The minimum absolute atomic E-state index is 0.117. The molecule has 0 saturated carbocycles. The molecular weight excluding hydrogens is 442 g/mol. The maximum absolute atomic E-state index is 12.2. The summed E-state index contributed by atoms with van der Waals surface area (Å²) in [6, 6.07) is 10.3. The van der Waals surface area contributed by atoms with Crippen molar-refractivity contribution >= 4 is 39.3 Å². The number of nitrogens with one attached hydrogen (secondary N) is 2. The summed E-state index contributed by atoms with van der Waals surface area (Å²) in [4.78, 5) is 37.9. The molecule has 2 N–H and O–H groups in total. The van der Waals surface area contributed by atoms with E-state index in [9.17, 15) is 14.4 Å². The minimum Gasteiger partial charge on any atom is -0.454 e. The molecule has 0 atom stereocenters. The molecule has 0 aliphatic carbocycles. The van der Waals surface area contributed by atoms with Gasteiger partial charge in [-0.05, 0) is 48.9 Å². The summed E-state index contributed by atoms with van der Waals surface area (Å²) in [7, 11) is 1.50. The minimum atomic E-state index is -0.417. The van der Waals surface area contributed by atoms with Crippen molar-refractivity contribution in [3.05, 3.63) is 52.0 Å². The zero-order valence-electron chi connectivity index (χ0n) is 16.0. The summed E-state index contributed by atoms with van der Waals surface area (Å²) in [6.45, 7) is 1.63. The molecule has 0 unspecified atom stereocenters. The molecule has 29 heavy (non-hydrogen) atoms. The van der Waals surface area contributed by atoms with E-state index in [2.05, 4.69) is 26.6 Å². The Morgan fingerprint density at radius 2 is 1.86 bits per heavy atom. The van der Waals surface area contributed by atoms with Gasteiger partial charge in [-0.15, -0.1) is 0 Å². The van der Waals surface area contributed by atoms with Crippen LogP contribution in [0.1, 0.15) is 15.9 Å². The lowest BCUT2D eigenvalue weighted by Gasteiger charge is -2.18. The van der Waals surface area contributed by atoms with E-state index in [1.807, 2.05) is 19.1 Å². The Morgan fingerprint density at radius 3 is 2.62 bits per heavy atom. The number of hydrogen-bond donors (Lipinski definition) is 2. The molecule has 0 aromatic heterocycles. The average molecular weight is 462 g/mol. The van der Waals surface area contributed by atoms with E-state index in [0.29, 0.717) is 22.7 Å². The van der Waals surface area contributed by atoms with Crippen LogP contribution in [0, 0.1) is 6.92 Å². The van der Waals surface area contributed by atoms with Gasteiger partial charge in [-0.1, -0.05) is 15.9 Å². The van der Waals surface area contributed by atoms with Crippen LogP contribution in [0.25, 0.3) is 0 Å². The maximum Gasteiger partial charge on any atom is 0.251 e. The van der Waals surface area contributed by atoms with Crippen LogP contribution in [0.3, 0.4) is 0 Å². The van der Waals surface area contributed by atoms with E-state index in [0.717, 1.165) is 10.0 Å². The molecule has 0 radical (unpaired) electrons. The van der Waals surface area contributed by atoms with Crippen molar-refractivity contribution in [3.63, 3.8) is 0 Å². The molecule has 2 aromatic carbocycles. The van der Waals surface area contributed by atoms with Gasteiger partial charge in [0.25, 0.3) is 5.91 Å². The second-order valence-corrected chi connectivity index (χ2v) is 7.42. The highest BCUT2D eigenvalue weighted by Gasteiger charge is 2.18. The van der Waals surface area contributed by atoms with Gasteiger partial charge < -0.3 is 25.0 Å². The van der Waals surface area contributed by atoms with Crippen molar-refractivity contribution in [1.82, 2.24) is 10.2 Å². The molecule has 0 spiro atoms. The zero-order valence-corrected chi connectivity index (χ0v) is 17.5. The summed E-state index contributed by atoms with van der Waals surface area (Å²) in [5.74, 6) is -0.0690. The largest absolute Gasteiger partial charge is 0.454 e. The smallest absolute Gasteiger partial charge is 0.251 e. The molecule has 0 fully saturated rings. The second kappa shape index (κ2) is 8.95. The lowest BCUT2D eigenvalue weighted by Crippen LogP contribution is -2.41. The van der Waals surface area contributed by atoms with Gasteiger partial charge in [-0.3, -0.25) is 14.4 Å². The molecule has 152 valence electrons. The van der Waals surface area contributed by atoms with Crippen LogP contribution in [0.2, 0.25) is 0 Å². The fourth-order valence-corrected chi connectivity index (χ4v) is 3.17. The van der Waals surface area contributed by atoms with Crippen LogP contribution >= 0.6 is 15.9 Å². The number of anilines is 1. The highest BCUT2D eigenvalue weighted by atomic mass is 79.9. The first-order valence-corrected chi connectivity index (χ1v) is 9.60. The number of nitrogens with zero attached hydrogens (tertiary/aromatic N) is 1. The van der Waals surface area contributed by atoms with Gasteiger partial charge in [0.1, 0.15) is 0 Å². The van der Waals surface area contributed by atoms with Crippen molar-refractivity contribution in [2.75, 3.05) is 32.2 Å². The van der Waals surface area contributed by atoms with E-state index in [1.54, 1.807) is 24.3 Å². The number of rotatable bonds is 6. The van der Waals surface area contributed by atoms with Crippen LogP contribution in [0.4, 0.5) is 5.69 Å². The highest BCUT2D eigenvalue weighted by molar-refractivity contribution is 9.10. The van der Waals surface area contributed by atoms with Gasteiger partial charge >= 0.3 is 0 Å². The fourth-order valence-electron chi connectivity index (χ4n) is 2.69. The molecule has 8 nitrogen and oxygen atoms in total. The summed E-state index contributed by atoms with van der Waals surface area (Å²) in [6.07, 6.45) is 0. The van der Waals surface area contributed by atoms with Gasteiger partial charge in [-0.2, -0.15) is 0 Å². The number of likely N-dealkylation sites (N-methyl/N-ethyl adjacent to an activating group) is 1. The van der Waals surface area contributed by atoms with E-state index < -0.39 is 5.91 Å². The molecule has 3 amide bonds. The molecule has 0 saturated heterocycles. The van der Waals surface area contributed by atoms with E-state index in [-0.39, 0.29) is 31.7 Å². The number of hydrogen-bond acceptors (Lipinski definition) is 5. The monoisotopic (exact) mass is 461 g/mol. The zero-order chi connectivity index (χ0) is 21.0. The van der Waals surface area contributed by atoms with Crippen molar-refractivity contribution in [3.8, 4) is 11.5 Å². The maximum atomic E-state index is 12.2. The summed E-state index contributed by atoms with van der Waals surface area (Å²) in [5.41, 5.74) is 1.93. The van der Waals surface area contributed by atoms with Crippen LogP contribution in [-0.2, 0) is 9.59 Å². The lowest BCUT2D eigenvalue weighted by molar-refractivity contribution is -0.132. The van der Waals surface area contributed by atoms with Gasteiger partial charge in [0, 0.05) is 22.8 Å². The predicted molar refractivity (Wildman–Crippen MR) is 110 cm³/mol. The first-order valence-electron chi connectivity index (χ1n) is 8.81. The third-order valence-corrected chi connectivity index (χ3v) is 4.80. The van der Waals surface area contributed by atoms with E-state index in [1.165, 1.54) is 11.9 Å². The summed E-state index contributed by atoms with van der Waals surface area (Å²) >= 11 is 3.37. The number of benzene rings is 2. The third-order valence-electron chi connectivity index (χ3n) is 4.30. The molecule has 1 heterocycles. The molecule has 2 aromatic rings. The molecule has 3 rings (SSSR count). The second-order valence-electron chi connectivity index (χ2n) is 6.51. The van der Waals surface area contributed by atoms with Crippen molar-refractivity contribution < 1.29 is 23.9 Å². The Bertz CT molecular complexity index is 963. The molecule has 0 bridgehead atoms. The molecular formula is C20H20BrN3O5. The Kier molecular flexibility index (Phi) is 6.38. The van der Waals surface area contributed by atoms with Gasteiger partial charge in [0.05, 0.1) is 13.1 Å². The normalized spacial score (nSPS) is 11.7. The van der Waals surface area contributed by atoms with Crippen LogP contribution in [0.15, 0.2) is 40.9 Å². The third kappa shape index (κ3) is 5.26. The van der Waals surface area contributed by atoms with Crippen LogP contribution in [-0.4, -0.2) is 49.6 Å². The molecule has 9 heteroatoms. The van der Waals surface area contributed by atoms with E-state index >= 15 is 0 Å². The van der Waals surface area contributed by atoms with Crippen LogP contribution in [0.5, 0.6) is 11.5 Å². The number of aryl methyl sites for hydroxylation is 1. The SMILES string of the molecule is Cc1cc(Br)ccc1NC(=O)CN(C)C(=O)CNC(=O)c1ccc2c(c1)OCO2. The van der Waals surface area contributed by atoms with Crippen molar-refractivity contribution in [2.24, 2.45) is 0 Å². The number of fused-ring (bicyclic) bond motifs is 1. The van der Waals surface area contributed by atoms with Crippen molar-refractivity contribution in [2.45, 2.75) is 6.92 Å². The number of ether oxygens (including phenoxy) is 2. The quantitative estimate of drug-likeness (QED) is 0.687. The Morgan fingerprint density at radius 1 is 1.10 bits per heavy atom. The summed E-state index contributed by atoms with van der Waals surface area (Å²) < 4.78 is 11.4. The van der Waals surface area contributed by atoms with E-state index in [4.69, 9.17) is 9.47 Å². The molecule has 1 aliphatic heterocycles. The highest BCUT2D eigenvalue weighted by Crippen LogP contribution is 2.32. The predicted octanol–water partition coefficient (Wildman–Crippen LogP) is 2.31. The molecule has 1 aliphatic rings. The van der Waals surface area contributed by atoms with Gasteiger partial charge in [0.15, 0.2) is 11.5 Å². The Labute approximate surface area is 176 Å². The fraction of sp³-hybridized carbons (Fsp3) is 0.250. The standard InChI is InChI=1S/C20H20BrN3O5/c1-12-7-14(21)4-5-15(12)23-18(25)10-24(2)19(26)9-22-20(27)13-3-6-16-17(8-13)29-11-28-16/h3-8H,9-11H2,1-2H3,(H,22,27)(H,23,25). The number of carbonyl (C=O) groups excluding carboxylic acids is 3. The number of amides is 3. The van der Waals surface area contributed by atoms with Crippen molar-refractivity contribution in [1.29, 1.82) is 0 Å². The van der Waals surface area contributed by atoms with Gasteiger partial charge in [-0.25, -0.2) is 0 Å². The topological polar surface area (TPSA) is 97.0 Å². The first kappa shape index (κ1) is 20.7. The Balaban J connectivity index is 1.48. The summed E-state index contributed by atoms with van der Waals surface area (Å²) in [5, 5.41) is 5.32. The number of carbonyl (C=O) groups is 3. The Hall–Kier alpha value is -3.07. The lowest BCUT2D eigenvalue weighted by atomic mass is 10.2. The van der Waals surface area contributed by atoms with Crippen LogP contribution < -0.4 is 20.1 Å². The first-order chi connectivity index (χ1) is 13.8.